The maximum atomic E-state index is 12.1. The van der Waals surface area contributed by atoms with Crippen molar-refractivity contribution in [2.75, 3.05) is 36.9 Å². The van der Waals surface area contributed by atoms with Crippen molar-refractivity contribution in [3.63, 3.8) is 0 Å². The molecule has 1 aliphatic heterocycles. The summed E-state index contributed by atoms with van der Waals surface area (Å²) >= 11 is 0. The molecular weight excluding hydrogens is 394 g/mol. The van der Waals surface area contributed by atoms with Gasteiger partial charge >= 0.3 is 0 Å². The Morgan fingerprint density at radius 2 is 2.16 bits per heavy atom. The Labute approximate surface area is 180 Å². The van der Waals surface area contributed by atoms with E-state index in [1.807, 2.05) is 36.7 Å². The molecule has 3 aromatic heterocycles. The van der Waals surface area contributed by atoms with Crippen LogP contribution in [0.2, 0.25) is 0 Å². The van der Waals surface area contributed by atoms with Crippen molar-refractivity contribution in [2.24, 2.45) is 0 Å². The second-order valence-corrected chi connectivity index (χ2v) is 7.61. The number of amides is 1. The van der Waals surface area contributed by atoms with Gasteiger partial charge in [-0.25, -0.2) is 15.0 Å². The van der Waals surface area contributed by atoms with Crippen LogP contribution in [0.25, 0.3) is 28.0 Å². The van der Waals surface area contributed by atoms with E-state index < -0.39 is 0 Å². The number of anilines is 2. The molecule has 0 saturated carbocycles. The Bertz CT molecular complexity index is 1120. The third-order valence-corrected chi connectivity index (χ3v) is 5.36. The van der Waals surface area contributed by atoms with Gasteiger partial charge in [-0.1, -0.05) is 6.58 Å². The number of aromatic nitrogens is 4. The van der Waals surface area contributed by atoms with Crippen LogP contribution < -0.4 is 16.0 Å². The molecule has 1 fully saturated rings. The minimum absolute atomic E-state index is 0.0672. The zero-order valence-electron chi connectivity index (χ0n) is 17.8. The summed E-state index contributed by atoms with van der Waals surface area (Å²) in [4.78, 5) is 27.4. The first kappa shape index (κ1) is 20.8. The molecule has 1 amide bonds. The standard InChI is InChI=1S/C22H27N7O2/c1-4-31-13-19(30)26-15-7-10-28(11-15)18-6-9-24-21-20(18)16(12-29(21)14(2)3)17-5-8-25-22(23)27-17/h5-6,8-9,12,15H,2,4,7,10-11,13H2,1,3H3,(H,26,30)(H2,23,25,27). The highest BCUT2D eigenvalue weighted by molar-refractivity contribution is 6.03. The monoisotopic (exact) mass is 421 g/mol. The number of nitrogens with two attached hydrogens (primary N) is 1. The lowest BCUT2D eigenvalue weighted by Gasteiger charge is -2.21. The van der Waals surface area contributed by atoms with E-state index in [4.69, 9.17) is 10.5 Å². The number of nitrogen functional groups attached to an aromatic ring is 1. The average molecular weight is 422 g/mol. The Hall–Kier alpha value is -3.46. The maximum Gasteiger partial charge on any atom is 0.246 e. The van der Waals surface area contributed by atoms with Crippen LogP contribution in [0.15, 0.2) is 37.3 Å². The normalized spacial score (nSPS) is 16.1. The topological polar surface area (TPSA) is 111 Å². The molecule has 9 heteroatoms. The smallest absolute Gasteiger partial charge is 0.246 e. The minimum Gasteiger partial charge on any atom is -0.372 e. The van der Waals surface area contributed by atoms with Gasteiger partial charge in [0.1, 0.15) is 12.3 Å². The third kappa shape index (κ3) is 4.22. The zero-order chi connectivity index (χ0) is 22.0. The van der Waals surface area contributed by atoms with Gasteiger partial charge in [-0.3, -0.25) is 4.79 Å². The predicted molar refractivity (Wildman–Crippen MR) is 121 cm³/mol. The lowest BCUT2D eigenvalue weighted by Crippen LogP contribution is -2.39. The highest BCUT2D eigenvalue weighted by Gasteiger charge is 2.27. The van der Waals surface area contributed by atoms with Gasteiger partial charge in [0.25, 0.3) is 0 Å². The van der Waals surface area contributed by atoms with Crippen LogP contribution >= 0.6 is 0 Å². The molecule has 3 aromatic rings. The van der Waals surface area contributed by atoms with Gasteiger partial charge in [-0.2, -0.15) is 0 Å². The molecule has 1 saturated heterocycles. The number of nitrogens with one attached hydrogen (secondary N) is 1. The lowest BCUT2D eigenvalue weighted by atomic mass is 10.1. The highest BCUT2D eigenvalue weighted by atomic mass is 16.5. The molecular formula is C22H27N7O2. The molecule has 31 heavy (non-hydrogen) atoms. The summed E-state index contributed by atoms with van der Waals surface area (Å²) < 4.78 is 7.17. The summed E-state index contributed by atoms with van der Waals surface area (Å²) in [6.45, 7) is 10.0. The van der Waals surface area contributed by atoms with Crippen molar-refractivity contribution in [3.8, 4) is 11.3 Å². The second-order valence-electron chi connectivity index (χ2n) is 7.61. The van der Waals surface area contributed by atoms with E-state index in [2.05, 4.69) is 31.7 Å². The Morgan fingerprint density at radius 1 is 1.35 bits per heavy atom. The van der Waals surface area contributed by atoms with E-state index in [1.165, 1.54) is 0 Å². The van der Waals surface area contributed by atoms with Gasteiger partial charge < -0.3 is 25.3 Å². The number of nitrogens with zero attached hydrogens (tertiary/aromatic N) is 5. The maximum absolute atomic E-state index is 12.1. The summed E-state index contributed by atoms with van der Waals surface area (Å²) in [5, 5.41) is 4.04. The van der Waals surface area contributed by atoms with Crippen LogP contribution in [0.4, 0.5) is 11.6 Å². The first-order chi connectivity index (χ1) is 15.0. The molecule has 0 radical (unpaired) electrons. The molecule has 4 rings (SSSR count). The number of carbonyl (C=O) groups is 1. The molecule has 9 nitrogen and oxygen atoms in total. The van der Waals surface area contributed by atoms with Crippen molar-refractivity contribution in [1.29, 1.82) is 0 Å². The van der Waals surface area contributed by atoms with E-state index in [9.17, 15) is 4.79 Å². The molecule has 1 aliphatic rings. The van der Waals surface area contributed by atoms with E-state index in [-0.39, 0.29) is 24.5 Å². The molecule has 4 heterocycles. The molecule has 0 spiro atoms. The number of fused-ring (bicyclic) bond motifs is 1. The van der Waals surface area contributed by atoms with E-state index in [0.29, 0.717) is 13.2 Å². The highest BCUT2D eigenvalue weighted by Crippen LogP contribution is 2.38. The molecule has 1 atom stereocenters. The third-order valence-electron chi connectivity index (χ3n) is 5.36. The summed E-state index contributed by atoms with van der Waals surface area (Å²) in [5.41, 5.74) is 10.2. The number of rotatable bonds is 7. The number of pyridine rings is 1. The predicted octanol–water partition coefficient (Wildman–Crippen LogP) is 2.30. The van der Waals surface area contributed by atoms with Crippen molar-refractivity contribution in [1.82, 2.24) is 24.8 Å². The van der Waals surface area contributed by atoms with Crippen LogP contribution in [-0.2, 0) is 9.53 Å². The minimum atomic E-state index is -0.0841. The number of hydrogen-bond donors (Lipinski definition) is 2. The number of carbonyl (C=O) groups excluding carboxylic acids is 1. The van der Waals surface area contributed by atoms with Gasteiger partial charge in [-0.15, -0.1) is 0 Å². The van der Waals surface area contributed by atoms with E-state index in [0.717, 1.165) is 46.6 Å². The molecule has 0 aromatic carbocycles. The molecule has 3 N–H and O–H groups in total. The summed E-state index contributed by atoms with van der Waals surface area (Å²) in [6, 6.07) is 3.91. The first-order valence-corrected chi connectivity index (χ1v) is 10.3. The van der Waals surface area contributed by atoms with Gasteiger partial charge in [0.15, 0.2) is 0 Å². The number of hydrogen-bond acceptors (Lipinski definition) is 7. The zero-order valence-corrected chi connectivity index (χ0v) is 17.8. The number of ether oxygens (including phenoxy) is 1. The fraction of sp³-hybridized carbons (Fsp3) is 0.364. The molecule has 162 valence electrons. The summed E-state index contributed by atoms with van der Waals surface area (Å²) in [6.07, 6.45) is 6.30. The van der Waals surface area contributed by atoms with Crippen molar-refractivity contribution < 1.29 is 9.53 Å². The molecule has 0 bridgehead atoms. The van der Waals surface area contributed by atoms with Crippen LogP contribution in [0.3, 0.4) is 0 Å². The molecule has 0 aliphatic carbocycles. The Balaban J connectivity index is 1.70. The quantitative estimate of drug-likeness (QED) is 0.602. The van der Waals surface area contributed by atoms with Crippen molar-refractivity contribution in [2.45, 2.75) is 26.3 Å². The van der Waals surface area contributed by atoms with E-state index in [1.54, 1.807) is 12.4 Å². The largest absolute Gasteiger partial charge is 0.372 e. The van der Waals surface area contributed by atoms with Gasteiger partial charge in [0, 0.05) is 55.6 Å². The lowest BCUT2D eigenvalue weighted by molar-refractivity contribution is -0.126. The number of allylic oxidation sites excluding steroid dienone is 1. The van der Waals surface area contributed by atoms with Gasteiger partial charge in [0.2, 0.25) is 11.9 Å². The SMILES string of the molecule is C=C(C)n1cc(-c2ccnc(N)n2)c2c(N3CCC(NC(=O)COCC)C3)ccnc21. The Morgan fingerprint density at radius 3 is 2.90 bits per heavy atom. The van der Waals surface area contributed by atoms with Crippen molar-refractivity contribution in [3.05, 3.63) is 37.3 Å². The average Bonchev–Trinajstić information content (AvgIpc) is 3.37. The van der Waals surface area contributed by atoms with E-state index >= 15 is 0 Å². The fourth-order valence-electron chi connectivity index (χ4n) is 3.97. The Kier molecular flexibility index (Phi) is 5.85. The van der Waals surface area contributed by atoms with Crippen molar-refractivity contribution >= 4 is 34.3 Å². The summed E-state index contributed by atoms with van der Waals surface area (Å²) in [5.74, 6) is 0.136. The van der Waals surface area contributed by atoms with Crippen LogP contribution in [0.5, 0.6) is 0 Å². The second kappa shape index (κ2) is 8.73. The molecule has 1 unspecified atom stereocenters. The van der Waals surface area contributed by atoms with Crippen LogP contribution in [0, 0.1) is 0 Å². The fourth-order valence-corrected chi connectivity index (χ4v) is 3.97. The van der Waals surface area contributed by atoms with Gasteiger partial charge in [0.05, 0.1) is 16.8 Å². The van der Waals surface area contributed by atoms with Crippen LogP contribution in [0.1, 0.15) is 20.3 Å². The summed E-state index contributed by atoms with van der Waals surface area (Å²) in [7, 11) is 0. The van der Waals surface area contributed by atoms with Crippen LogP contribution in [-0.4, -0.2) is 57.8 Å². The van der Waals surface area contributed by atoms with Gasteiger partial charge in [-0.05, 0) is 32.4 Å². The first-order valence-electron chi connectivity index (χ1n) is 10.3.